The lowest BCUT2D eigenvalue weighted by molar-refractivity contribution is -0.383. The van der Waals surface area contributed by atoms with Crippen LogP contribution in [0.5, 0.6) is 0 Å². The van der Waals surface area contributed by atoms with E-state index in [2.05, 4.69) is 10.3 Å². The number of benzene rings is 2. The molecule has 6 heteroatoms. The lowest BCUT2D eigenvalue weighted by Crippen LogP contribution is -1.98. The zero-order valence-corrected chi connectivity index (χ0v) is 12.5. The van der Waals surface area contributed by atoms with Gasteiger partial charge in [0.1, 0.15) is 5.82 Å². The molecular weight excluding hydrogens is 302 g/mol. The second kappa shape index (κ2) is 5.61. The summed E-state index contributed by atoms with van der Waals surface area (Å²) in [6, 6.07) is 12.4. The Labute approximate surface area is 131 Å². The SMILES string of the molecule is Cc1ccc2c(Nc3cccc(Cl)c3)nccc2c1[N+](=O)[O-]. The van der Waals surface area contributed by atoms with Gasteiger partial charge in [0.05, 0.1) is 10.3 Å². The number of nitro benzene ring substituents is 1. The first-order valence-corrected chi connectivity index (χ1v) is 6.99. The highest BCUT2D eigenvalue weighted by molar-refractivity contribution is 6.30. The summed E-state index contributed by atoms with van der Waals surface area (Å²) in [5, 5.41) is 16.3. The number of halogens is 1. The number of rotatable bonds is 3. The highest BCUT2D eigenvalue weighted by atomic mass is 35.5. The summed E-state index contributed by atoms with van der Waals surface area (Å²) in [5.74, 6) is 0.558. The molecule has 0 bridgehead atoms. The molecule has 0 aliphatic carbocycles. The molecule has 110 valence electrons. The van der Waals surface area contributed by atoms with Crippen LogP contribution in [-0.4, -0.2) is 9.91 Å². The van der Waals surface area contributed by atoms with Gasteiger partial charge in [0.2, 0.25) is 0 Å². The predicted octanol–water partition coefficient (Wildman–Crippen LogP) is 4.85. The van der Waals surface area contributed by atoms with Crippen molar-refractivity contribution in [2.24, 2.45) is 0 Å². The van der Waals surface area contributed by atoms with Gasteiger partial charge in [-0.15, -0.1) is 0 Å². The van der Waals surface area contributed by atoms with E-state index >= 15 is 0 Å². The average molecular weight is 314 g/mol. The summed E-state index contributed by atoms with van der Waals surface area (Å²) >= 11 is 5.97. The molecule has 0 spiro atoms. The standard InChI is InChI=1S/C16H12ClN3O2/c1-10-5-6-14-13(15(10)20(21)22)7-8-18-16(14)19-12-4-2-3-11(17)9-12/h2-9H,1H3,(H,18,19). The molecule has 0 radical (unpaired) electrons. The Kier molecular flexibility index (Phi) is 3.65. The summed E-state index contributed by atoms with van der Waals surface area (Å²) in [7, 11) is 0. The van der Waals surface area contributed by atoms with Crippen LogP contribution in [0.2, 0.25) is 5.02 Å². The van der Waals surface area contributed by atoms with E-state index in [1.54, 1.807) is 37.4 Å². The summed E-state index contributed by atoms with van der Waals surface area (Å²) in [4.78, 5) is 15.2. The van der Waals surface area contributed by atoms with Crippen LogP contribution in [-0.2, 0) is 0 Å². The third-order valence-corrected chi connectivity index (χ3v) is 3.62. The van der Waals surface area contributed by atoms with Gasteiger partial charge in [-0.2, -0.15) is 0 Å². The highest BCUT2D eigenvalue weighted by Gasteiger charge is 2.17. The van der Waals surface area contributed by atoms with Gasteiger partial charge in [0.25, 0.3) is 5.69 Å². The highest BCUT2D eigenvalue weighted by Crippen LogP contribution is 2.33. The van der Waals surface area contributed by atoms with E-state index in [1.807, 2.05) is 18.2 Å². The quantitative estimate of drug-likeness (QED) is 0.554. The Morgan fingerprint density at radius 2 is 2.00 bits per heavy atom. The number of nitrogens with one attached hydrogen (secondary N) is 1. The lowest BCUT2D eigenvalue weighted by Gasteiger charge is -2.10. The van der Waals surface area contributed by atoms with Crippen LogP contribution in [0.15, 0.2) is 48.7 Å². The molecule has 3 aromatic rings. The summed E-state index contributed by atoms with van der Waals surface area (Å²) in [6.45, 7) is 1.72. The van der Waals surface area contributed by atoms with Crippen molar-refractivity contribution < 1.29 is 4.92 Å². The van der Waals surface area contributed by atoms with Gasteiger partial charge in [-0.3, -0.25) is 10.1 Å². The van der Waals surface area contributed by atoms with Crippen LogP contribution < -0.4 is 5.32 Å². The Morgan fingerprint density at radius 1 is 1.18 bits per heavy atom. The maximum atomic E-state index is 11.3. The van der Waals surface area contributed by atoms with E-state index in [9.17, 15) is 10.1 Å². The maximum Gasteiger partial charge on any atom is 0.280 e. The van der Waals surface area contributed by atoms with Crippen molar-refractivity contribution in [2.45, 2.75) is 6.92 Å². The normalized spacial score (nSPS) is 10.6. The molecule has 3 rings (SSSR count). The molecular formula is C16H12ClN3O2. The minimum Gasteiger partial charge on any atom is -0.340 e. The third-order valence-electron chi connectivity index (χ3n) is 3.39. The van der Waals surface area contributed by atoms with Crippen molar-refractivity contribution in [1.29, 1.82) is 0 Å². The molecule has 0 atom stereocenters. The molecule has 0 fully saturated rings. The number of aryl methyl sites for hydroxylation is 1. The number of hydrogen-bond donors (Lipinski definition) is 1. The third kappa shape index (κ3) is 2.58. The number of aromatic nitrogens is 1. The number of pyridine rings is 1. The fourth-order valence-electron chi connectivity index (χ4n) is 2.39. The monoisotopic (exact) mass is 313 g/mol. The topological polar surface area (TPSA) is 68.1 Å². The molecule has 0 unspecified atom stereocenters. The van der Waals surface area contributed by atoms with E-state index in [4.69, 9.17) is 11.6 Å². The van der Waals surface area contributed by atoms with E-state index in [-0.39, 0.29) is 10.6 Å². The lowest BCUT2D eigenvalue weighted by atomic mass is 10.1. The summed E-state index contributed by atoms with van der Waals surface area (Å²) in [6.07, 6.45) is 1.56. The molecule has 0 saturated heterocycles. The molecule has 1 N–H and O–H groups in total. The van der Waals surface area contributed by atoms with Crippen molar-refractivity contribution in [2.75, 3.05) is 5.32 Å². The van der Waals surface area contributed by atoms with Crippen LogP contribution in [0.3, 0.4) is 0 Å². The van der Waals surface area contributed by atoms with Crippen LogP contribution >= 0.6 is 11.6 Å². The van der Waals surface area contributed by atoms with Crippen molar-refractivity contribution in [3.63, 3.8) is 0 Å². The van der Waals surface area contributed by atoms with Gasteiger partial charge >= 0.3 is 0 Å². The van der Waals surface area contributed by atoms with Crippen LogP contribution in [0, 0.1) is 17.0 Å². The Morgan fingerprint density at radius 3 is 2.73 bits per heavy atom. The van der Waals surface area contributed by atoms with Crippen molar-refractivity contribution >= 4 is 39.6 Å². The van der Waals surface area contributed by atoms with Crippen molar-refractivity contribution in [1.82, 2.24) is 4.98 Å². The van der Waals surface area contributed by atoms with Gasteiger partial charge in [-0.1, -0.05) is 23.7 Å². The van der Waals surface area contributed by atoms with Crippen molar-refractivity contribution in [3.8, 4) is 0 Å². The molecule has 0 aliphatic rings. The van der Waals surface area contributed by atoms with Gasteiger partial charge in [-0.05, 0) is 37.3 Å². The molecule has 0 aliphatic heterocycles. The minimum atomic E-state index is -0.360. The first-order valence-electron chi connectivity index (χ1n) is 6.61. The fraction of sp³-hybridized carbons (Fsp3) is 0.0625. The molecule has 2 aromatic carbocycles. The smallest absolute Gasteiger partial charge is 0.280 e. The number of fused-ring (bicyclic) bond motifs is 1. The number of hydrogen-bond acceptors (Lipinski definition) is 4. The zero-order chi connectivity index (χ0) is 15.7. The maximum absolute atomic E-state index is 11.3. The average Bonchev–Trinajstić information content (AvgIpc) is 2.46. The van der Waals surface area contributed by atoms with Gasteiger partial charge in [-0.25, -0.2) is 4.98 Å². The Balaban J connectivity index is 2.15. The Hall–Kier alpha value is -2.66. The predicted molar refractivity (Wildman–Crippen MR) is 87.9 cm³/mol. The molecule has 5 nitrogen and oxygen atoms in total. The Bertz CT molecular complexity index is 880. The van der Waals surface area contributed by atoms with E-state index < -0.39 is 0 Å². The van der Waals surface area contributed by atoms with Crippen LogP contribution in [0.4, 0.5) is 17.2 Å². The molecule has 0 saturated carbocycles. The minimum absolute atomic E-state index is 0.106. The molecule has 0 amide bonds. The van der Waals surface area contributed by atoms with E-state index in [0.29, 0.717) is 27.2 Å². The molecule has 1 aromatic heterocycles. The number of anilines is 2. The number of nitro groups is 1. The first-order chi connectivity index (χ1) is 10.6. The number of nitrogens with zero attached hydrogens (tertiary/aromatic N) is 2. The zero-order valence-electron chi connectivity index (χ0n) is 11.7. The molecule has 1 heterocycles. The van der Waals surface area contributed by atoms with E-state index in [0.717, 1.165) is 5.69 Å². The van der Waals surface area contributed by atoms with Gasteiger partial charge < -0.3 is 5.32 Å². The van der Waals surface area contributed by atoms with Gasteiger partial charge in [0, 0.05) is 27.9 Å². The van der Waals surface area contributed by atoms with Crippen LogP contribution in [0.1, 0.15) is 5.56 Å². The van der Waals surface area contributed by atoms with Crippen molar-refractivity contribution in [3.05, 3.63) is 69.4 Å². The first kappa shape index (κ1) is 14.3. The largest absolute Gasteiger partial charge is 0.340 e. The second-order valence-corrected chi connectivity index (χ2v) is 5.31. The second-order valence-electron chi connectivity index (χ2n) is 4.88. The van der Waals surface area contributed by atoms with E-state index in [1.165, 1.54) is 0 Å². The van der Waals surface area contributed by atoms with Crippen LogP contribution in [0.25, 0.3) is 10.8 Å². The fourth-order valence-corrected chi connectivity index (χ4v) is 2.58. The summed E-state index contributed by atoms with van der Waals surface area (Å²) < 4.78 is 0. The molecule has 22 heavy (non-hydrogen) atoms. The summed E-state index contributed by atoms with van der Waals surface area (Å²) in [5.41, 5.74) is 1.50. The van der Waals surface area contributed by atoms with Gasteiger partial charge in [0.15, 0.2) is 0 Å².